The van der Waals surface area contributed by atoms with E-state index in [1.807, 2.05) is 6.07 Å². The van der Waals surface area contributed by atoms with Gasteiger partial charge in [0.1, 0.15) is 0 Å². The first kappa shape index (κ1) is 12.9. The zero-order valence-corrected chi connectivity index (χ0v) is 12.1. The first-order chi connectivity index (χ1) is 9.18. The summed E-state index contributed by atoms with van der Waals surface area (Å²) in [6.45, 7) is 6.47. The second-order valence-electron chi connectivity index (χ2n) is 6.61. The van der Waals surface area contributed by atoms with Crippen LogP contribution in [-0.2, 0) is 11.3 Å². The number of hydrogen-bond donors (Lipinski definition) is 0. The van der Waals surface area contributed by atoms with Gasteiger partial charge in [-0.25, -0.2) is 0 Å². The molecule has 2 unspecified atom stereocenters. The molecule has 1 nitrogen and oxygen atoms in total. The van der Waals surface area contributed by atoms with Crippen LogP contribution in [0.4, 0.5) is 0 Å². The third-order valence-electron chi connectivity index (χ3n) is 5.23. The summed E-state index contributed by atoms with van der Waals surface area (Å²) in [5.74, 6) is 1.76. The molecule has 1 fully saturated rings. The van der Waals surface area contributed by atoms with Gasteiger partial charge >= 0.3 is 0 Å². The largest absolute Gasteiger partial charge is 0.376 e. The average Bonchev–Trinajstić information content (AvgIpc) is 2.45. The van der Waals surface area contributed by atoms with Crippen LogP contribution in [0.3, 0.4) is 0 Å². The molecule has 4 rings (SSSR count). The number of benzene rings is 1. The Kier molecular flexibility index (Phi) is 3.49. The van der Waals surface area contributed by atoms with Gasteiger partial charge in [-0.2, -0.15) is 0 Å². The number of ether oxygens (including phenoxy) is 1. The van der Waals surface area contributed by atoms with Crippen molar-refractivity contribution >= 4 is 0 Å². The summed E-state index contributed by atoms with van der Waals surface area (Å²) in [6, 6.07) is 10.4. The van der Waals surface area contributed by atoms with Crippen LogP contribution >= 0.6 is 0 Å². The first-order valence-corrected chi connectivity index (χ1v) is 7.48. The average molecular weight is 256 g/mol. The number of rotatable bonds is 5. The Bertz CT molecular complexity index is 458. The topological polar surface area (TPSA) is 9.23 Å². The fourth-order valence-electron chi connectivity index (χ4n) is 3.71. The third kappa shape index (κ3) is 2.49. The van der Waals surface area contributed by atoms with E-state index in [-0.39, 0.29) is 0 Å². The fourth-order valence-corrected chi connectivity index (χ4v) is 3.71. The van der Waals surface area contributed by atoms with Crippen LogP contribution in [-0.4, -0.2) is 6.61 Å². The van der Waals surface area contributed by atoms with Crippen LogP contribution in [0.5, 0.6) is 0 Å². The summed E-state index contributed by atoms with van der Waals surface area (Å²) in [6.07, 6.45) is 6.30. The van der Waals surface area contributed by atoms with Gasteiger partial charge in [-0.05, 0) is 42.1 Å². The molecule has 1 heteroatoms. The Morgan fingerprint density at radius 3 is 2.68 bits per heavy atom. The van der Waals surface area contributed by atoms with Crippen molar-refractivity contribution < 1.29 is 4.74 Å². The lowest BCUT2D eigenvalue weighted by Crippen LogP contribution is -2.48. The van der Waals surface area contributed by atoms with Gasteiger partial charge in [0.25, 0.3) is 0 Å². The summed E-state index contributed by atoms with van der Waals surface area (Å²) >= 11 is 0. The SMILES string of the molecule is CC1(C)C2CC=C(CCOCc3ccccc3)C1C2. The molecule has 1 aromatic carbocycles. The molecular formula is C18H24O. The molecule has 0 radical (unpaired) electrons. The molecule has 1 saturated carbocycles. The van der Waals surface area contributed by atoms with Gasteiger partial charge in [-0.15, -0.1) is 0 Å². The quantitative estimate of drug-likeness (QED) is 0.553. The van der Waals surface area contributed by atoms with E-state index in [1.165, 1.54) is 18.4 Å². The van der Waals surface area contributed by atoms with E-state index in [1.54, 1.807) is 5.57 Å². The lowest BCUT2D eigenvalue weighted by Gasteiger charge is -2.56. The molecule has 0 amide bonds. The standard InChI is InChI=1S/C18H24O/c1-18(2)16-9-8-15(17(18)12-16)10-11-19-13-14-6-4-3-5-7-14/h3-8,16-17H,9-13H2,1-2H3. The van der Waals surface area contributed by atoms with Crippen molar-refractivity contribution in [1.82, 2.24) is 0 Å². The highest BCUT2D eigenvalue weighted by molar-refractivity contribution is 5.23. The van der Waals surface area contributed by atoms with Crippen molar-refractivity contribution in [2.45, 2.75) is 39.7 Å². The third-order valence-corrected chi connectivity index (χ3v) is 5.23. The van der Waals surface area contributed by atoms with E-state index in [4.69, 9.17) is 4.74 Å². The van der Waals surface area contributed by atoms with Crippen LogP contribution < -0.4 is 0 Å². The maximum atomic E-state index is 5.82. The van der Waals surface area contributed by atoms with Crippen molar-refractivity contribution in [1.29, 1.82) is 0 Å². The second-order valence-corrected chi connectivity index (χ2v) is 6.61. The van der Waals surface area contributed by atoms with E-state index in [2.05, 4.69) is 44.2 Å². The molecule has 0 saturated heterocycles. The van der Waals surface area contributed by atoms with Gasteiger partial charge in [0, 0.05) is 0 Å². The van der Waals surface area contributed by atoms with Crippen LogP contribution in [0.25, 0.3) is 0 Å². The van der Waals surface area contributed by atoms with Crippen LogP contribution in [0.1, 0.15) is 38.7 Å². The fraction of sp³-hybridized carbons (Fsp3) is 0.556. The minimum absolute atomic E-state index is 0.545. The molecule has 0 heterocycles. The predicted molar refractivity (Wildman–Crippen MR) is 78.8 cm³/mol. The molecular weight excluding hydrogens is 232 g/mol. The molecule has 0 N–H and O–H groups in total. The summed E-state index contributed by atoms with van der Waals surface area (Å²) in [5.41, 5.74) is 3.47. The zero-order chi connectivity index (χ0) is 13.3. The Morgan fingerprint density at radius 2 is 2.00 bits per heavy atom. The molecule has 0 aromatic heterocycles. The van der Waals surface area contributed by atoms with E-state index in [0.717, 1.165) is 31.5 Å². The van der Waals surface area contributed by atoms with Gasteiger partial charge in [0.2, 0.25) is 0 Å². The maximum Gasteiger partial charge on any atom is 0.0717 e. The molecule has 3 aliphatic rings. The van der Waals surface area contributed by atoms with E-state index >= 15 is 0 Å². The monoisotopic (exact) mass is 256 g/mol. The van der Waals surface area contributed by atoms with Crippen molar-refractivity contribution in [3.8, 4) is 0 Å². The van der Waals surface area contributed by atoms with Gasteiger partial charge in [0.15, 0.2) is 0 Å². The van der Waals surface area contributed by atoms with Gasteiger partial charge in [-0.3, -0.25) is 0 Å². The number of allylic oxidation sites excluding steroid dienone is 1. The molecule has 0 spiro atoms. The highest BCUT2D eigenvalue weighted by Crippen LogP contribution is 2.59. The van der Waals surface area contributed by atoms with Crippen molar-refractivity contribution in [3.05, 3.63) is 47.5 Å². The lowest BCUT2D eigenvalue weighted by molar-refractivity contribution is -0.0112. The zero-order valence-electron chi connectivity index (χ0n) is 12.1. The summed E-state index contributed by atoms with van der Waals surface area (Å²) in [4.78, 5) is 0. The van der Waals surface area contributed by atoms with E-state index in [9.17, 15) is 0 Å². The smallest absolute Gasteiger partial charge is 0.0717 e. The van der Waals surface area contributed by atoms with E-state index in [0.29, 0.717) is 5.41 Å². The normalized spacial score (nSPS) is 27.6. The minimum atomic E-state index is 0.545. The highest BCUT2D eigenvalue weighted by Gasteiger charge is 2.50. The Hall–Kier alpha value is -1.08. The summed E-state index contributed by atoms with van der Waals surface area (Å²) < 4.78 is 5.82. The summed E-state index contributed by atoms with van der Waals surface area (Å²) in [5, 5.41) is 0. The van der Waals surface area contributed by atoms with Gasteiger partial charge in [-0.1, -0.05) is 55.8 Å². The molecule has 19 heavy (non-hydrogen) atoms. The van der Waals surface area contributed by atoms with Crippen LogP contribution in [0.2, 0.25) is 0 Å². The predicted octanol–water partition coefficient (Wildman–Crippen LogP) is 4.59. The van der Waals surface area contributed by atoms with E-state index < -0.39 is 0 Å². The van der Waals surface area contributed by atoms with Crippen LogP contribution in [0.15, 0.2) is 42.0 Å². The molecule has 0 aliphatic heterocycles. The van der Waals surface area contributed by atoms with Crippen molar-refractivity contribution in [2.75, 3.05) is 6.61 Å². The Morgan fingerprint density at radius 1 is 1.21 bits per heavy atom. The molecule has 2 bridgehead atoms. The molecule has 1 aromatic rings. The maximum absolute atomic E-state index is 5.82. The highest BCUT2D eigenvalue weighted by atomic mass is 16.5. The van der Waals surface area contributed by atoms with Gasteiger partial charge < -0.3 is 4.74 Å². The van der Waals surface area contributed by atoms with Crippen molar-refractivity contribution in [3.63, 3.8) is 0 Å². The molecule has 102 valence electrons. The first-order valence-electron chi connectivity index (χ1n) is 7.48. The lowest BCUT2D eigenvalue weighted by atomic mass is 9.48. The Labute approximate surface area is 116 Å². The van der Waals surface area contributed by atoms with Crippen LogP contribution in [0, 0.1) is 17.3 Å². The Balaban J connectivity index is 1.45. The minimum Gasteiger partial charge on any atom is -0.376 e. The number of hydrogen-bond acceptors (Lipinski definition) is 1. The van der Waals surface area contributed by atoms with Crippen molar-refractivity contribution in [2.24, 2.45) is 17.3 Å². The second kappa shape index (κ2) is 5.13. The molecule has 2 atom stereocenters. The molecule has 3 aliphatic carbocycles. The number of fused-ring (bicyclic) bond motifs is 1. The summed E-state index contributed by atoms with van der Waals surface area (Å²) in [7, 11) is 0. The van der Waals surface area contributed by atoms with Gasteiger partial charge in [0.05, 0.1) is 13.2 Å².